The van der Waals surface area contributed by atoms with Crippen molar-refractivity contribution < 1.29 is 0 Å². The second kappa shape index (κ2) is 6.35. The maximum atomic E-state index is 12.5. The van der Waals surface area contributed by atoms with E-state index in [0.717, 1.165) is 33.3 Å². The Morgan fingerprint density at radius 1 is 0.643 bits per heavy atom. The zero-order valence-corrected chi connectivity index (χ0v) is 14.9. The molecular formula is C24H16N2O2. The summed E-state index contributed by atoms with van der Waals surface area (Å²) in [7, 11) is 0. The van der Waals surface area contributed by atoms with Gasteiger partial charge < -0.3 is 9.38 Å². The molecule has 0 saturated heterocycles. The zero-order chi connectivity index (χ0) is 19.1. The van der Waals surface area contributed by atoms with E-state index >= 15 is 0 Å². The van der Waals surface area contributed by atoms with Gasteiger partial charge in [0.15, 0.2) is 5.43 Å². The number of pyridine rings is 1. The fourth-order valence-electron chi connectivity index (χ4n) is 3.65. The molecule has 0 unspecified atom stereocenters. The second-order valence-corrected chi connectivity index (χ2v) is 6.72. The molecule has 0 atom stereocenters. The molecule has 5 aromatic rings. The van der Waals surface area contributed by atoms with Gasteiger partial charge in [0.1, 0.15) is 5.52 Å². The van der Waals surface area contributed by atoms with E-state index in [1.54, 1.807) is 10.6 Å². The summed E-state index contributed by atoms with van der Waals surface area (Å²) in [6.45, 7) is 0. The quantitative estimate of drug-likeness (QED) is 0.470. The minimum absolute atomic E-state index is 0.186. The van der Waals surface area contributed by atoms with Gasteiger partial charge in [0, 0.05) is 18.3 Å². The van der Waals surface area contributed by atoms with Gasteiger partial charge in [-0.3, -0.25) is 9.59 Å². The molecule has 0 fully saturated rings. The Morgan fingerprint density at radius 2 is 1.25 bits per heavy atom. The first-order chi connectivity index (χ1) is 13.7. The van der Waals surface area contributed by atoms with Crippen molar-refractivity contribution in [2.24, 2.45) is 0 Å². The Morgan fingerprint density at radius 3 is 1.89 bits per heavy atom. The van der Waals surface area contributed by atoms with Crippen molar-refractivity contribution in [1.29, 1.82) is 0 Å². The molecular weight excluding hydrogens is 348 g/mol. The minimum Gasteiger partial charge on any atom is -0.319 e. The third kappa shape index (κ3) is 2.63. The highest BCUT2D eigenvalue weighted by molar-refractivity contribution is 5.94. The number of aromatic nitrogens is 2. The molecule has 0 spiro atoms. The number of fused-ring (bicyclic) bond motifs is 3. The van der Waals surface area contributed by atoms with E-state index in [4.69, 9.17) is 0 Å². The fourth-order valence-corrected chi connectivity index (χ4v) is 3.65. The first-order valence-corrected chi connectivity index (χ1v) is 9.04. The molecule has 28 heavy (non-hydrogen) atoms. The van der Waals surface area contributed by atoms with Crippen LogP contribution in [0.4, 0.5) is 0 Å². The van der Waals surface area contributed by atoms with Gasteiger partial charge in [-0.1, -0.05) is 60.7 Å². The van der Waals surface area contributed by atoms with Crippen LogP contribution in [0, 0.1) is 0 Å². The molecule has 0 bridgehead atoms. The van der Waals surface area contributed by atoms with E-state index in [9.17, 15) is 9.59 Å². The van der Waals surface area contributed by atoms with Gasteiger partial charge in [-0.2, -0.15) is 0 Å². The molecule has 4 nitrogen and oxygen atoms in total. The fraction of sp³-hybridized carbons (Fsp3) is 0. The Bertz CT molecular complexity index is 1430. The number of nitrogens with zero attached hydrogens (tertiary/aromatic N) is 1. The Kier molecular flexibility index (Phi) is 3.69. The number of rotatable bonds is 2. The number of nitrogens with one attached hydrogen (secondary N) is 1. The van der Waals surface area contributed by atoms with Crippen LogP contribution in [-0.4, -0.2) is 9.38 Å². The average Bonchev–Trinajstić information content (AvgIpc) is 2.74. The maximum Gasteiger partial charge on any atom is 0.272 e. The van der Waals surface area contributed by atoms with Gasteiger partial charge in [-0.25, -0.2) is 0 Å². The summed E-state index contributed by atoms with van der Waals surface area (Å²) in [5.41, 5.74) is 5.69. The van der Waals surface area contributed by atoms with Crippen LogP contribution in [0.2, 0.25) is 0 Å². The molecule has 0 aliphatic rings. The summed E-state index contributed by atoms with van der Waals surface area (Å²) < 4.78 is 1.77. The summed E-state index contributed by atoms with van der Waals surface area (Å²) in [6.07, 6.45) is 1.66. The highest BCUT2D eigenvalue weighted by Crippen LogP contribution is 2.34. The third-order valence-electron chi connectivity index (χ3n) is 4.97. The van der Waals surface area contributed by atoms with E-state index in [1.807, 2.05) is 42.5 Å². The van der Waals surface area contributed by atoms with Gasteiger partial charge in [0.2, 0.25) is 0 Å². The Balaban J connectivity index is 1.94. The Labute approximate surface area is 160 Å². The summed E-state index contributed by atoms with van der Waals surface area (Å²) in [4.78, 5) is 27.2. The van der Waals surface area contributed by atoms with E-state index in [0.29, 0.717) is 5.52 Å². The van der Waals surface area contributed by atoms with Crippen LogP contribution in [0.15, 0.2) is 101 Å². The number of hydrogen-bond acceptors (Lipinski definition) is 2. The van der Waals surface area contributed by atoms with Gasteiger partial charge in [0.25, 0.3) is 5.56 Å². The highest BCUT2D eigenvalue weighted by atomic mass is 16.1. The van der Waals surface area contributed by atoms with Crippen LogP contribution in [0.25, 0.3) is 38.8 Å². The third-order valence-corrected chi connectivity index (χ3v) is 4.97. The van der Waals surface area contributed by atoms with Crippen molar-refractivity contribution >= 4 is 16.6 Å². The zero-order valence-electron chi connectivity index (χ0n) is 14.9. The van der Waals surface area contributed by atoms with Gasteiger partial charge in [0.05, 0.1) is 11.0 Å². The largest absolute Gasteiger partial charge is 0.319 e. The van der Waals surface area contributed by atoms with E-state index < -0.39 is 0 Å². The first kappa shape index (κ1) is 16.3. The lowest BCUT2D eigenvalue weighted by Crippen LogP contribution is -2.14. The minimum atomic E-state index is -0.281. The lowest BCUT2D eigenvalue weighted by Gasteiger charge is -2.14. The van der Waals surface area contributed by atoms with Gasteiger partial charge >= 0.3 is 0 Å². The van der Waals surface area contributed by atoms with Crippen LogP contribution in [0.5, 0.6) is 0 Å². The molecule has 134 valence electrons. The average molecular weight is 364 g/mol. The second-order valence-electron chi connectivity index (χ2n) is 6.72. The number of aromatic amines is 1. The van der Waals surface area contributed by atoms with E-state index in [2.05, 4.69) is 35.3 Å². The molecule has 5 rings (SSSR count). The molecule has 0 radical (unpaired) electrons. The molecule has 0 saturated carbocycles. The van der Waals surface area contributed by atoms with Crippen molar-refractivity contribution in [2.75, 3.05) is 0 Å². The predicted molar refractivity (Wildman–Crippen MR) is 113 cm³/mol. The van der Waals surface area contributed by atoms with Crippen LogP contribution >= 0.6 is 0 Å². The standard InChI is InChI=1S/C24H16N2O2/c27-18-11-12-26-22-15-20(17-9-5-2-6-10-17)19(16-7-3-1-4-8-16)14-21(22)25-24(28)23(26)13-18/h1-15H,(H,25,28). The molecule has 0 amide bonds. The van der Waals surface area contributed by atoms with Crippen LogP contribution in [-0.2, 0) is 0 Å². The smallest absolute Gasteiger partial charge is 0.272 e. The van der Waals surface area contributed by atoms with Crippen molar-refractivity contribution in [3.8, 4) is 22.3 Å². The van der Waals surface area contributed by atoms with Crippen LogP contribution in [0.3, 0.4) is 0 Å². The van der Waals surface area contributed by atoms with Crippen molar-refractivity contribution in [3.63, 3.8) is 0 Å². The predicted octanol–water partition coefficient (Wildman–Crippen LogP) is 4.48. The van der Waals surface area contributed by atoms with Crippen LogP contribution in [0.1, 0.15) is 0 Å². The SMILES string of the molecule is O=c1ccn2c(c1)c(=O)[nH]c1cc(-c3ccccc3)c(-c3ccccc3)cc12. The topological polar surface area (TPSA) is 54.3 Å². The Hall–Kier alpha value is -3.92. The van der Waals surface area contributed by atoms with Crippen molar-refractivity contribution in [2.45, 2.75) is 0 Å². The molecule has 1 N–H and O–H groups in total. The number of hydrogen-bond donors (Lipinski definition) is 1. The van der Waals surface area contributed by atoms with Gasteiger partial charge in [-0.05, 0) is 34.4 Å². The van der Waals surface area contributed by atoms with E-state index in [-0.39, 0.29) is 11.0 Å². The normalized spacial score (nSPS) is 11.1. The summed E-state index contributed by atoms with van der Waals surface area (Å²) >= 11 is 0. The maximum absolute atomic E-state index is 12.5. The molecule has 3 aromatic carbocycles. The first-order valence-electron chi connectivity index (χ1n) is 9.04. The highest BCUT2D eigenvalue weighted by Gasteiger charge is 2.12. The van der Waals surface area contributed by atoms with E-state index in [1.165, 1.54) is 12.1 Å². The molecule has 2 heterocycles. The van der Waals surface area contributed by atoms with Gasteiger partial charge in [-0.15, -0.1) is 0 Å². The number of benzene rings is 3. The van der Waals surface area contributed by atoms with Crippen molar-refractivity contribution in [3.05, 3.63) is 112 Å². The lowest BCUT2D eigenvalue weighted by molar-refractivity contribution is 1.15. The molecule has 2 aromatic heterocycles. The lowest BCUT2D eigenvalue weighted by atomic mass is 9.93. The summed E-state index contributed by atoms with van der Waals surface area (Å²) in [5.74, 6) is 0. The summed E-state index contributed by atoms with van der Waals surface area (Å²) in [6, 6.07) is 27.2. The van der Waals surface area contributed by atoms with Crippen molar-refractivity contribution in [1.82, 2.24) is 9.38 Å². The summed E-state index contributed by atoms with van der Waals surface area (Å²) in [5, 5.41) is 0. The molecule has 4 heteroatoms. The number of H-pyrrole nitrogens is 1. The molecule has 0 aliphatic heterocycles. The van der Waals surface area contributed by atoms with Crippen LogP contribution < -0.4 is 11.0 Å². The monoisotopic (exact) mass is 364 g/mol. The molecule has 0 aliphatic carbocycles.